The Kier molecular flexibility index (Phi) is 4.17. The predicted octanol–water partition coefficient (Wildman–Crippen LogP) is 2.89. The third kappa shape index (κ3) is 2.64. The zero-order chi connectivity index (χ0) is 13.1. The standard InChI is InChI=1S/C14H16BrNO2/c1-2-10-9-16(8-7-13(10)17)14(18)11-5-3-4-6-12(11)15/h3-6,10H,2,7-9H2,1H3. The molecule has 0 bridgehead atoms. The van der Waals surface area contributed by atoms with Gasteiger partial charge in [-0.15, -0.1) is 0 Å². The molecule has 1 atom stereocenters. The fourth-order valence-corrected chi connectivity index (χ4v) is 2.71. The maximum absolute atomic E-state index is 12.4. The van der Waals surface area contributed by atoms with Crippen LogP contribution in [0.4, 0.5) is 0 Å². The van der Waals surface area contributed by atoms with Crippen LogP contribution >= 0.6 is 15.9 Å². The first kappa shape index (κ1) is 13.3. The average Bonchev–Trinajstić information content (AvgIpc) is 2.39. The van der Waals surface area contributed by atoms with Gasteiger partial charge >= 0.3 is 0 Å². The second-order valence-electron chi connectivity index (χ2n) is 4.55. The molecule has 18 heavy (non-hydrogen) atoms. The van der Waals surface area contributed by atoms with E-state index < -0.39 is 0 Å². The zero-order valence-electron chi connectivity index (χ0n) is 10.4. The highest BCUT2D eigenvalue weighted by atomic mass is 79.9. The number of likely N-dealkylation sites (tertiary alicyclic amines) is 1. The highest BCUT2D eigenvalue weighted by molar-refractivity contribution is 9.10. The molecule has 1 heterocycles. The second kappa shape index (κ2) is 5.65. The normalized spacial score (nSPS) is 20.0. The van der Waals surface area contributed by atoms with Gasteiger partial charge < -0.3 is 4.90 Å². The van der Waals surface area contributed by atoms with Crippen molar-refractivity contribution in [2.45, 2.75) is 19.8 Å². The van der Waals surface area contributed by atoms with Gasteiger partial charge in [0, 0.05) is 29.9 Å². The molecule has 1 aliphatic heterocycles. The van der Waals surface area contributed by atoms with Gasteiger partial charge in [-0.2, -0.15) is 0 Å². The van der Waals surface area contributed by atoms with E-state index in [0.717, 1.165) is 10.9 Å². The lowest BCUT2D eigenvalue weighted by Gasteiger charge is -2.31. The molecule has 1 saturated heterocycles. The Hall–Kier alpha value is -1.16. The van der Waals surface area contributed by atoms with Crippen molar-refractivity contribution in [3.8, 4) is 0 Å². The molecule has 0 aromatic heterocycles. The molecule has 1 amide bonds. The van der Waals surface area contributed by atoms with Crippen LogP contribution in [0.1, 0.15) is 30.1 Å². The van der Waals surface area contributed by atoms with Crippen LogP contribution in [-0.4, -0.2) is 29.7 Å². The van der Waals surface area contributed by atoms with E-state index in [2.05, 4.69) is 15.9 Å². The van der Waals surface area contributed by atoms with E-state index in [1.807, 2.05) is 31.2 Å². The Morgan fingerprint density at radius 1 is 1.44 bits per heavy atom. The molecule has 0 aliphatic carbocycles. The molecule has 1 unspecified atom stereocenters. The number of hydrogen-bond donors (Lipinski definition) is 0. The molecule has 1 aromatic rings. The lowest BCUT2D eigenvalue weighted by molar-refractivity contribution is -0.125. The van der Waals surface area contributed by atoms with Crippen LogP contribution in [0, 0.1) is 5.92 Å². The van der Waals surface area contributed by atoms with Crippen LogP contribution in [-0.2, 0) is 4.79 Å². The number of ketones is 1. The quantitative estimate of drug-likeness (QED) is 0.842. The second-order valence-corrected chi connectivity index (χ2v) is 5.41. The molecule has 1 aromatic carbocycles. The van der Waals surface area contributed by atoms with Gasteiger partial charge in [-0.05, 0) is 34.5 Å². The van der Waals surface area contributed by atoms with Crippen molar-refractivity contribution >= 4 is 27.6 Å². The minimum absolute atomic E-state index is 0.00480. The van der Waals surface area contributed by atoms with Crippen molar-refractivity contribution in [3.63, 3.8) is 0 Å². The summed E-state index contributed by atoms with van der Waals surface area (Å²) in [6.45, 7) is 3.08. The van der Waals surface area contributed by atoms with Crippen molar-refractivity contribution in [1.82, 2.24) is 4.90 Å². The molecular formula is C14H16BrNO2. The largest absolute Gasteiger partial charge is 0.337 e. The van der Waals surface area contributed by atoms with Crippen molar-refractivity contribution in [1.29, 1.82) is 0 Å². The summed E-state index contributed by atoms with van der Waals surface area (Å²) in [5.74, 6) is 0.298. The first-order valence-corrected chi connectivity index (χ1v) is 6.99. The molecule has 3 nitrogen and oxygen atoms in total. The van der Waals surface area contributed by atoms with E-state index in [9.17, 15) is 9.59 Å². The molecule has 1 aliphatic rings. The van der Waals surface area contributed by atoms with Crippen LogP contribution in [0.25, 0.3) is 0 Å². The molecular weight excluding hydrogens is 294 g/mol. The SMILES string of the molecule is CCC1CN(C(=O)c2ccccc2Br)CCC1=O. The summed E-state index contributed by atoms with van der Waals surface area (Å²) < 4.78 is 0.806. The van der Waals surface area contributed by atoms with Gasteiger partial charge in [0.15, 0.2) is 0 Å². The molecule has 0 radical (unpaired) electrons. The van der Waals surface area contributed by atoms with Crippen LogP contribution in [0.5, 0.6) is 0 Å². The van der Waals surface area contributed by atoms with Crippen LogP contribution in [0.3, 0.4) is 0 Å². The number of piperidine rings is 1. The lowest BCUT2D eigenvalue weighted by atomic mass is 9.93. The Morgan fingerprint density at radius 3 is 2.83 bits per heavy atom. The van der Waals surface area contributed by atoms with Gasteiger partial charge in [-0.25, -0.2) is 0 Å². The Labute approximate surface area is 115 Å². The summed E-state index contributed by atoms with van der Waals surface area (Å²) in [7, 11) is 0. The fourth-order valence-electron chi connectivity index (χ4n) is 2.25. The number of carbonyl (C=O) groups excluding carboxylic acids is 2. The number of halogens is 1. The molecule has 96 valence electrons. The summed E-state index contributed by atoms with van der Waals surface area (Å²) in [5, 5.41) is 0. The van der Waals surface area contributed by atoms with Crippen molar-refractivity contribution in [2.24, 2.45) is 5.92 Å². The summed E-state index contributed by atoms with van der Waals surface area (Å²) in [5.41, 5.74) is 0.668. The molecule has 2 rings (SSSR count). The predicted molar refractivity (Wildman–Crippen MR) is 73.5 cm³/mol. The number of nitrogens with zero attached hydrogens (tertiary/aromatic N) is 1. The Balaban J connectivity index is 2.15. The van der Waals surface area contributed by atoms with E-state index in [0.29, 0.717) is 25.1 Å². The maximum Gasteiger partial charge on any atom is 0.255 e. The van der Waals surface area contributed by atoms with E-state index in [-0.39, 0.29) is 17.6 Å². The van der Waals surface area contributed by atoms with E-state index in [1.165, 1.54) is 0 Å². The molecule has 0 N–H and O–H groups in total. The monoisotopic (exact) mass is 309 g/mol. The lowest BCUT2D eigenvalue weighted by Crippen LogP contribution is -2.44. The van der Waals surface area contributed by atoms with E-state index in [4.69, 9.17) is 0 Å². The zero-order valence-corrected chi connectivity index (χ0v) is 11.9. The molecule has 0 saturated carbocycles. The Bertz CT molecular complexity index is 473. The van der Waals surface area contributed by atoms with Gasteiger partial charge in [0.05, 0.1) is 5.56 Å². The van der Waals surface area contributed by atoms with Gasteiger partial charge in [-0.3, -0.25) is 9.59 Å². The van der Waals surface area contributed by atoms with E-state index >= 15 is 0 Å². The van der Waals surface area contributed by atoms with Crippen LogP contribution < -0.4 is 0 Å². The molecule has 4 heteroatoms. The fraction of sp³-hybridized carbons (Fsp3) is 0.429. The summed E-state index contributed by atoms with van der Waals surface area (Å²) >= 11 is 3.39. The van der Waals surface area contributed by atoms with Gasteiger partial charge in [0.25, 0.3) is 5.91 Å². The first-order chi connectivity index (χ1) is 8.63. The van der Waals surface area contributed by atoms with Crippen molar-refractivity contribution in [3.05, 3.63) is 34.3 Å². The summed E-state index contributed by atoms with van der Waals surface area (Å²) in [4.78, 5) is 25.8. The molecule has 1 fully saturated rings. The minimum atomic E-state index is 0.00480. The highest BCUT2D eigenvalue weighted by Crippen LogP contribution is 2.22. The number of rotatable bonds is 2. The third-order valence-corrected chi connectivity index (χ3v) is 4.10. The van der Waals surface area contributed by atoms with Gasteiger partial charge in [-0.1, -0.05) is 19.1 Å². The van der Waals surface area contributed by atoms with Crippen LogP contribution in [0.15, 0.2) is 28.7 Å². The minimum Gasteiger partial charge on any atom is -0.337 e. The summed E-state index contributed by atoms with van der Waals surface area (Å²) in [6.07, 6.45) is 1.28. The van der Waals surface area contributed by atoms with Crippen molar-refractivity contribution in [2.75, 3.05) is 13.1 Å². The van der Waals surface area contributed by atoms with Gasteiger partial charge in [0.1, 0.15) is 5.78 Å². The smallest absolute Gasteiger partial charge is 0.255 e. The van der Waals surface area contributed by atoms with Gasteiger partial charge in [0.2, 0.25) is 0 Å². The number of Topliss-reactive ketones (excluding diaryl/α,β-unsaturated/α-hetero) is 1. The number of benzene rings is 1. The Morgan fingerprint density at radius 2 is 2.17 bits per heavy atom. The number of hydrogen-bond acceptors (Lipinski definition) is 2. The van der Waals surface area contributed by atoms with E-state index in [1.54, 1.807) is 4.90 Å². The third-order valence-electron chi connectivity index (χ3n) is 3.41. The maximum atomic E-state index is 12.4. The first-order valence-electron chi connectivity index (χ1n) is 6.20. The topological polar surface area (TPSA) is 37.4 Å². The average molecular weight is 310 g/mol. The number of carbonyl (C=O) groups is 2. The van der Waals surface area contributed by atoms with Crippen LogP contribution in [0.2, 0.25) is 0 Å². The van der Waals surface area contributed by atoms with Crippen molar-refractivity contribution < 1.29 is 9.59 Å². The molecule has 0 spiro atoms. The highest BCUT2D eigenvalue weighted by Gasteiger charge is 2.29. The summed E-state index contributed by atoms with van der Waals surface area (Å²) in [6, 6.07) is 7.41. The number of amides is 1.